The lowest BCUT2D eigenvalue weighted by Crippen LogP contribution is -2.22. The monoisotopic (exact) mass is 320 g/mol. The van der Waals surface area contributed by atoms with Crippen molar-refractivity contribution in [3.05, 3.63) is 59.9 Å². The number of ether oxygens (including phenoxy) is 1. The van der Waals surface area contributed by atoms with Gasteiger partial charge in [-0.15, -0.1) is 12.4 Å². The van der Waals surface area contributed by atoms with E-state index < -0.39 is 0 Å². The number of unbranched alkanes of at least 4 members (excludes halogenated alkanes) is 1. The van der Waals surface area contributed by atoms with E-state index in [1.807, 2.05) is 24.3 Å². The number of nitrogens with one attached hydrogen (secondary N) is 1. The zero-order valence-electron chi connectivity index (χ0n) is 12.6. The first-order valence-corrected chi connectivity index (χ1v) is 7.19. The Hall–Kier alpha value is -2.07. The summed E-state index contributed by atoms with van der Waals surface area (Å²) in [6.07, 6.45) is 5.38. The Kier molecular flexibility index (Phi) is 8.00. The van der Waals surface area contributed by atoms with Gasteiger partial charge in [0, 0.05) is 18.9 Å². The minimum absolute atomic E-state index is 0. The molecule has 22 heavy (non-hydrogen) atoms. The zero-order chi connectivity index (χ0) is 14.9. The van der Waals surface area contributed by atoms with Crippen molar-refractivity contribution in [2.75, 3.05) is 6.61 Å². The summed E-state index contributed by atoms with van der Waals surface area (Å²) < 4.78 is 5.60. The average molecular weight is 321 g/mol. The van der Waals surface area contributed by atoms with Crippen LogP contribution in [-0.2, 0) is 6.54 Å². The van der Waals surface area contributed by atoms with E-state index in [2.05, 4.69) is 17.2 Å². The van der Waals surface area contributed by atoms with Gasteiger partial charge in [-0.1, -0.05) is 25.5 Å². The first kappa shape index (κ1) is 18.0. The molecule has 1 amide bonds. The van der Waals surface area contributed by atoms with Crippen molar-refractivity contribution in [2.24, 2.45) is 0 Å². The summed E-state index contributed by atoms with van der Waals surface area (Å²) in [6, 6.07) is 11.3. The van der Waals surface area contributed by atoms with E-state index in [1.54, 1.807) is 24.5 Å². The van der Waals surface area contributed by atoms with Gasteiger partial charge in [-0.25, -0.2) is 0 Å². The fraction of sp³-hybridized carbons (Fsp3) is 0.294. The molecule has 118 valence electrons. The Balaban J connectivity index is 0.00000242. The number of hydrogen-bond acceptors (Lipinski definition) is 3. The van der Waals surface area contributed by atoms with Crippen LogP contribution in [0.1, 0.15) is 35.7 Å². The van der Waals surface area contributed by atoms with Crippen LogP contribution in [0, 0.1) is 0 Å². The van der Waals surface area contributed by atoms with E-state index in [1.165, 1.54) is 0 Å². The maximum Gasteiger partial charge on any atom is 0.253 e. The second-order valence-electron chi connectivity index (χ2n) is 4.77. The predicted molar refractivity (Wildman–Crippen MR) is 89.5 cm³/mol. The molecule has 4 nitrogen and oxygen atoms in total. The molecule has 0 spiro atoms. The molecule has 0 saturated heterocycles. The van der Waals surface area contributed by atoms with Crippen molar-refractivity contribution >= 4 is 18.3 Å². The summed E-state index contributed by atoms with van der Waals surface area (Å²) in [6.45, 7) is 3.37. The third-order valence-electron chi connectivity index (χ3n) is 3.07. The van der Waals surface area contributed by atoms with Gasteiger partial charge < -0.3 is 10.1 Å². The summed E-state index contributed by atoms with van der Waals surface area (Å²) in [5.74, 6) is 0.747. The molecule has 5 heteroatoms. The normalized spacial score (nSPS) is 9.68. The molecule has 0 aliphatic carbocycles. The lowest BCUT2D eigenvalue weighted by Gasteiger charge is -2.08. The molecule has 0 atom stereocenters. The van der Waals surface area contributed by atoms with Gasteiger partial charge in [-0.2, -0.15) is 0 Å². The number of carbonyl (C=O) groups excluding carboxylic acids is 1. The molecule has 0 fully saturated rings. The summed E-state index contributed by atoms with van der Waals surface area (Å²) in [7, 11) is 0. The van der Waals surface area contributed by atoms with Crippen molar-refractivity contribution in [3.8, 4) is 5.75 Å². The standard InChI is InChI=1S/C17H20N2O2.ClH/c1-2-3-11-21-16-8-6-14(7-9-16)12-19-17(20)15-5-4-10-18-13-15;/h4-10,13H,2-3,11-12H2,1H3,(H,19,20);1H. The van der Waals surface area contributed by atoms with Crippen LogP contribution in [0.2, 0.25) is 0 Å². The molecule has 1 aromatic carbocycles. The van der Waals surface area contributed by atoms with Crippen LogP contribution >= 0.6 is 12.4 Å². The number of pyridine rings is 1. The average Bonchev–Trinajstić information content (AvgIpc) is 2.55. The molecule has 0 unspecified atom stereocenters. The highest BCUT2D eigenvalue weighted by atomic mass is 35.5. The Bertz CT molecular complexity index is 559. The second kappa shape index (κ2) is 9.79. The van der Waals surface area contributed by atoms with Crippen LogP contribution in [-0.4, -0.2) is 17.5 Å². The van der Waals surface area contributed by atoms with E-state index in [9.17, 15) is 4.79 Å². The lowest BCUT2D eigenvalue weighted by atomic mass is 10.2. The Labute approximate surface area is 137 Å². The first-order valence-electron chi connectivity index (χ1n) is 7.19. The number of amides is 1. The second-order valence-corrected chi connectivity index (χ2v) is 4.77. The van der Waals surface area contributed by atoms with Gasteiger partial charge in [0.05, 0.1) is 12.2 Å². The minimum atomic E-state index is -0.119. The summed E-state index contributed by atoms with van der Waals surface area (Å²) in [4.78, 5) is 15.8. The molecular formula is C17H21ClN2O2. The highest BCUT2D eigenvalue weighted by Crippen LogP contribution is 2.12. The molecule has 0 radical (unpaired) electrons. The van der Waals surface area contributed by atoms with Crippen LogP contribution in [0.4, 0.5) is 0 Å². The molecule has 1 N–H and O–H groups in total. The summed E-state index contributed by atoms with van der Waals surface area (Å²) >= 11 is 0. The van der Waals surface area contributed by atoms with Gasteiger partial charge >= 0.3 is 0 Å². The van der Waals surface area contributed by atoms with E-state index in [0.717, 1.165) is 30.8 Å². The summed E-state index contributed by atoms with van der Waals surface area (Å²) in [5, 5.41) is 2.87. The fourth-order valence-corrected chi connectivity index (χ4v) is 1.82. The molecule has 1 heterocycles. The van der Waals surface area contributed by atoms with E-state index in [-0.39, 0.29) is 18.3 Å². The third kappa shape index (κ3) is 5.74. The van der Waals surface area contributed by atoms with Crippen molar-refractivity contribution in [1.29, 1.82) is 0 Å². The number of nitrogens with zero attached hydrogens (tertiary/aromatic N) is 1. The van der Waals surface area contributed by atoms with Crippen molar-refractivity contribution in [3.63, 3.8) is 0 Å². The number of aromatic nitrogens is 1. The maximum atomic E-state index is 11.9. The van der Waals surface area contributed by atoms with Gasteiger partial charge in [-0.3, -0.25) is 9.78 Å². The molecular weight excluding hydrogens is 300 g/mol. The fourth-order valence-electron chi connectivity index (χ4n) is 1.82. The Morgan fingerprint density at radius 2 is 2.00 bits per heavy atom. The van der Waals surface area contributed by atoms with Gasteiger partial charge in [0.15, 0.2) is 0 Å². The molecule has 2 aromatic rings. The van der Waals surface area contributed by atoms with Gasteiger partial charge in [0.2, 0.25) is 0 Å². The molecule has 0 bridgehead atoms. The van der Waals surface area contributed by atoms with Crippen LogP contribution in [0.25, 0.3) is 0 Å². The van der Waals surface area contributed by atoms with E-state index >= 15 is 0 Å². The SMILES string of the molecule is CCCCOc1ccc(CNC(=O)c2cccnc2)cc1.Cl. The smallest absolute Gasteiger partial charge is 0.253 e. The number of halogens is 1. The van der Waals surface area contributed by atoms with Crippen LogP contribution in [0.15, 0.2) is 48.8 Å². The van der Waals surface area contributed by atoms with Crippen molar-refractivity contribution in [2.45, 2.75) is 26.3 Å². The third-order valence-corrected chi connectivity index (χ3v) is 3.07. The number of rotatable bonds is 7. The van der Waals surface area contributed by atoms with Crippen molar-refractivity contribution in [1.82, 2.24) is 10.3 Å². The highest BCUT2D eigenvalue weighted by Gasteiger charge is 2.04. The minimum Gasteiger partial charge on any atom is -0.494 e. The van der Waals surface area contributed by atoms with Gasteiger partial charge in [0.25, 0.3) is 5.91 Å². The van der Waals surface area contributed by atoms with Gasteiger partial charge in [-0.05, 0) is 36.2 Å². The summed E-state index contributed by atoms with van der Waals surface area (Å²) in [5.41, 5.74) is 1.60. The van der Waals surface area contributed by atoms with Crippen LogP contribution in [0.5, 0.6) is 5.75 Å². The molecule has 0 aliphatic rings. The van der Waals surface area contributed by atoms with Crippen LogP contribution in [0.3, 0.4) is 0 Å². The number of carbonyl (C=O) groups is 1. The topological polar surface area (TPSA) is 51.2 Å². The highest BCUT2D eigenvalue weighted by molar-refractivity contribution is 5.93. The molecule has 2 rings (SSSR count). The van der Waals surface area contributed by atoms with Crippen LogP contribution < -0.4 is 10.1 Å². The molecule has 0 aliphatic heterocycles. The molecule has 0 saturated carbocycles. The Morgan fingerprint density at radius 1 is 1.23 bits per heavy atom. The largest absolute Gasteiger partial charge is 0.494 e. The first-order chi connectivity index (χ1) is 10.3. The zero-order valence-corrected chi connectivity index (χ0v) is 13.4. The van der Waals surface area contributed by atoms with Gasteiger partial charge in [0.1, 0.15) is 5.75 Å². The lowest BCUT2D eigenvalue weighted by molar-refractivity contribution is 0.0950. The van der Waals surface area contributed by atoms with E-state index in [4.69, 9.17) is 4.74 Å². The predicted octanol–water partition coefficient (Wildman–Crippen LogP) is 3.61. The number of benzene rings is 1. The van der Waals surface area contributed by atoms with Crippen molar-refractivity contribution < 1.29 is 9.53 Å². The molecule has 1 aromatic heterocycles. The van der Waals surface area contributed by atoms with E-state index in [0.29, 0.717) is 12.1 Å². The number of hydrogen-bond donors (Lipinski definition) is 1. The quantitative estimate of drug-likeness (QED) is 0.793. The Morgan fingerprint density at radius 3 is 2.64 bits per heavy atom. The maximum absolute atomic E-state index is 11.9.